The molecule has 0 saturated carbocycles. The van der Waals surface area contributed by atoms with Gasteiger partial charge in [0.2, 0.25) is 0 Å². The molecule has 0 N–H and O–H groups in total. The van der Waals surface area contributed by atoms with Gasteiger partial charge in [-0.3, -0.25) is 0 Å². The maximum atomic E-state index is 14.0. The van der Waals surface area contributed by atoms with Crippen molar-refractivity contribution in [1.29, 1.82) is 0 Å². The van der Waals surface area contributed by atoms with E-state index in [4.69, 9.17) is 11.6 Å². The molecule has 0 amide bonds. The molecule has 0 spiro atoms. The number of piperidine rings is 1. The van der Waals surface area contributed by atoms with Gasteiger partial charge < -0.3 is 9.47 Å². The van der Waals surface area contributed by atoms with Gasteiger partial charge in [0.25, 0.3) is 0 Å². The molecule has 1 unspecified atom stereocenters. The van der Waals surface area contributed by atoms with Crippen LogP contribution in [-0.2, 0) is 5.88 Å². The first-order valence-electron chi connectivity index (χ1n) is 7.28. The van der Waals surface area contributed by atoms with E-state index in [2.05, 4.69) is 21.4 Å². The fraction of sp³-hybridized carbons (Fsp3) is 0.533. The van der Waals surface area contributed by atoms with Gasteiger partial charge in [-0.05, 0) is 54.6 Å². The summed E-state index contributed by atoms with van der Waals surface area (Å²) in [6, 6.07) is 3.74. The van der Waals surface area contributed by atoms with Gasteiger partial charge in [0, 0.05) is 18.7 Å². The Balaban J connectivity index is 2.09. The van der Waals surface area contributed by atoms with Crippen LogP contribution in [0.2, 0.25) is 0 Å². The Kier molecular flexibility index (Phi) is 4.71. The third kappa shape index (κ3) is 2.92. The molecule has 1 aromatic heterocycles. The standard InChI is InChI=1S/C15H18ClFIN3/c1-2-20-5-3-4-10(9-20)21-14-6-11(17)12(18)7-13(14)19-15(21)8-16/h6-7,10H,2-5,8-9H2,1H3. The van der Waals surface area contributed by atoms with Gasteiger partial charge in [-0.25, -0.2) is 9.37 Å². The van der Waals surface area contributed by atoms with E-state index < -0.39 is 0 Å². The van der Waals surface area contributed by atoms with Gasteiger partial charge in [-0.2, -0.15) is 0 Å². The lowest BCUT2D eigenvalue weighted by atomic mass is 10.1. The number of benzene rings is 1. The van der Waals surface area contributed by atoms with Gasteiger partial charge in [0.1, 0.15) is 11.6 Å². The molecule has 1 fully saturated rings. The summed E-state index contributed by atoms with van der Waals surface area (Å²) in [6.07, 6.45) is 2.26. The molecule has 0 radical (unpaired) electrons. The van der Waals surface area contributed by atoms with Crippen LogP contribution < -0.4 is 0 Å². The van der Waals surface area contributed by atoms with E-state index in [1.807, 2.05) is 22.6 Å². The number of hydrogen-bond donors (Lipinski definition) is 0. The van der Waals surface area contributed by atoms with Crippen LogP contribution in [0.4, 0.5) is 4.39 Å². The van der Waals surface area contributed by atoms with Gasteiger partial charge in [-0.15, -0.1) is 11.6 Å². The molecule has 0 bridgehead atoms. The zero-order chi connectivity index (χ0) is 15.0. The molecule has 114 valence electrons. The molecule has 3 nitrogen and oxygen atoms in total. The topological polar surface area (TPSA) is 21.1 Å². The highest BCUT2D eigenvalue weighted by Crippen LogP contribution is 2.30. The van der Waals surface area contributed by atoms with Gasteiger partial charge in [0.05, 0.1) is 20.5 Å². The number of fused-ring (bicyclic) bond motifs is 1. The molecule has 6 heteroatoms. The second kappa shape index (κ2) is 6.38. The zero-order valence-electron chi connectivity index (χ0n) is 12.0. The number of nitrogens with zero attached hydrogens (tertiary/aromatic N) is 3. The maximum absolute atomic E-state index is 14.0. The Bertz CT molecular complexity index is 658. The van der Waals surface area contributed by atoms with Crippen LogP contribution in [0.1, 0.15) is 31.6 Å². The summed E-state index contributed by atoms with van der Waals surface area (Å²) in [7, 11) is 0. The van der Waals surface area contributed by atoms with Crippen molar-refractivity contribution < 1.29 is 4.39 Å². The Labute approximate surface area is 142 Å². The number of aromatic nitrogens is 2. The summed E-state index contributed by atoms with van der Waals surface area (Å²) in [4.78, 5) is 7.03. The average molecular weight is 422 g/mol. The van der Waals surface area contributed by atoms with Gasteiger partial charge in [0.15, 0.2) is 0 Å². The fourth-order valence-corrected chi connectivity index (χ4v) is 3.81. The third-order valence-electron chi connectivity index (χ3n) is 4.22. The first-order chi connectivity index (χ1) is 10.1. The van der Waals surface area contributed by atoms with E-state index in [0.717, 1.165) is 49.3 Å². The number of imidazole rings is 1. The van der Waals surface area contributed by atoms with E-state index in [-0.39, 0.29) is 5.82 Å². The SMILES string of the molecule is CCN1CCCC(n2c(CCl)nc3cc(I)c(F)cc32)C1. The molecule has 1 aromatic carbocycles. The average Bonchev–Trinajstić information content (AvgIpc) is 2.85. The van der Waals surface area contributed by atoms with Gasteiger partial charge >= 0.3 is 0 Å². The van der Waals surface area contributed by atoms with Crippen molar-refractivity contribution in [1.82, 2.24) is 14.5 Å². The number of halogens is 3. The lowest BCUT2D eigenvalue weighted by molar-refractivity contribution is 0.186. The van der Waals surface area contributed by atoms with Crippen molar-refractivity contribution in [3.8, 4) is 0 Å². The minimum absolute atomic E-state index is 0.187. The maximum Gasteiger partial charge on any atom is 0.138 e. The van der Waals surface area contributed by atoms with Crippen molar-refractivity contribution in [2.24, 2.45) is 0 Å². The molecule has 3 rings (SSSR count). The highest BCUT2D eigenvalue weighted by molar-refractivity contribution is 14.1. The van der Waals surface area contributed by atoms with E-state index in [1.54, 1.807) is 12.1 Å². The summed E-state index contributed by atoms with van der Waals surface area (Å²) >= 11 is 8.08. The Morgan fingerprint density at radius 3 is 3.00 bits per heavy atom. The lowest BCUT2D eigenvalue weighted by Gasteiger charge is -2.33. The first-order valence-corrected chi connectivity index (χ1v) is 8.89. The molecule has 1 atom stereocenters. The normalized spacial score (nSPS) is 20.3. The van der Waals surface area contributed by atoms with Crippen molar-refractivity contribution >= 4 is 45.2 Å². The second-order valence-corrected chi connectivity index (χ2v) is 6.91. The zero-order valence-corrected chi connectivity index (χ0v) is 14.9. The predicted octanol–water partition coefficient (Wildman–Crippen LogP) is 4.18. The van der Waals surface area contributed by atoms with Crippen molar-refractivity contribution in [2.75, 3.05) is 19.6 Å². The van der Waals surface area contributed by atoms with Crippen molar-refractivity contribution in [2.45, 2.75) is 31.7 Å². The number of likely N-dealkylation sites (N-methyl/N-ethyl adjacent to an activating group) is 1. The summed E-state index contributed by atoms with van der Waals surface area (Å²) in [5.41, 5.74) is 1.71. The minimum Gasteiger partial charge on any atom is -0.322 e. The molecule has 1 aliphatic rings. The summed E-state index contributed by atoms with van der Waals surface area (Å²) in [6.45, 7) is 5.35. The Morgan fingerprint density at radius 1 is 1.48 bits per heavy atom. The number of rotatable bonds is 3. The van der Waals surface area contributed by atoms with Crippen molar-refractivity contribution in [3.05, 3.63) is 27.3 Å². The smallest absolute Gasteiger partial charge is 0.138 e. The number of hydrogen-bond acceptors (Lipinski definition) is 2. The highest BCUT2D eigenvalue weighted by Gasteiger charge is 2.24. The summed E-state index contributed by atoms with van der Waals surface area (Å²) in [5, 5.41) is 0. The molecule has 2 aromatic rings. The van der Waals surface area contributed by atoms with Crippen LogP contribution in [0.3, 0.4) is 0 Å². The van der Waals surface area contributed by atoms with Crippen LogP contribution >= 0.6 is 34.2 Å². The van der Waals surface area contributed by atoms with E-state index in [9.17, 15) is 4.39 Å². The van der Waals surface area contributed by atoms with Crippen LogP contribution in [0.25, 0.3) is 11.0 Å². The third-order valence-corrected chi connectivity index (χ3v) is 5.28. The van der Waals surface area contributed by atoms with Crippen LogP contribution in [-0.4, -0.2) is 34.1 Å². The Hall–Kier alpha value is -0.400. The fourth-order valence-electron chi connectivity index (χ4n) is 3.17. The molecular formula is C15H18ClFIN3. The molecule has 1 saturated heterocycles. The highest BCUT2D eigenvalue weighted by atomic mass is 127. The Morgan fingerprint density at radius 2 is 2.29 bits per heavy atom. The lowest BCUT2D eigenvalue weighted by Crippen LogP contribution is -2.36. The van der Waals surface area contributed by atoms with Crippen LogP contribution in [0.15, 0.2) is 12.1 Å². The molecule has 2 heterocycles. The van der Waals surface area contributed by atoms with E-state index in [0.29, 0.717) is 15.5 Å². The number of likely N-dealkylation sites (tertiary alicyclic amines) is 1. The largest absolute Gasteiger partial charge is 0.322 e. The van der Waals surface area contributed by atoms with Crippen LogP contribution in [0, 0.1) is 9.39 Å². The van der Waals surface area contributed by atoms with E-state index >= 15 is 0 Å². The molecule has 21 heavy (non-hydrogen) atoms. The first kappa shape index (κ1) is 15.5. The predicted molar refractivity (Wildman–Crippen MR) is 92.4 cm³/mol. The minimum atomic E-state index is -0.187. The molecular weight excluding hydrogens is 404 g/mol. The quantitative estimate of drug-likeness (QED) is 0.548. The monoisotopic (exact) mass is 421 g/mol. The summed E-state index contributed by atoms with van der Waals surface area (Å²) < 4.78 is 16.7. The van der Waals surface area contributed by atoms with E-state index in [1.165, 1.54) is 0 Å². The summed E-state index contributed by atoms with van der Waals surface area (Å²) in [5.74, 6) is 1.01. The second-order valence-electron chi connectivity index (χ2n) is 5.48. The van der Waals surface area contributed by atoms with Gasteiger partial charge in [-0.1, -0.05) is 6.92 Å². The number of alkyl halides is 1. The molecule has 0 aliphatic carbocycles. The van der Waals surface area contributed by atoms with Crippen molar-refractivity contribution in [3.63, 3.8) is 0 Å². The molecule has 1 aliphatic heterocycles. The van der Waals surface area contributed by atoms with Crippen LogP contribution in [0.5, 0.6) is 0 Å².